The van der Waals surface area contributed by atoms with Crippen molar-refractivity contribution in [1.82, 2.24) is 4.90 Å². The van der Waals surface area contributed by atoms with E-state index in [2.05, 4.69) is 17.2 Å². The number of carbonyl (C=O) groups excluding carboxylic acids is 1. The van der Waals surface area contributed by atoms with Crippen molar-refractivity contribution in [3.8, 4) is 11.1 Å². The number of rotatable bonds is 2. The first-order valence-electron chi connectivity index (χ1n) is 7.87. The summed E-state index contributed by atoms with van der Waals surface area (Å²) in [4.78, 5) is 25.5. The average Bonchev–Trinajstić information content (AvgIpc) is 2.90. The summed E-state index contributed by atoms with van der Waals surface area (Å²) in [7, 11) is 2.09. The number of hydrogen-bond acceptors (Lipinski definition) is 4. The molecular formula is C18H16ClN3O2. The molecule has 4 rings (SSSR count). The molecule has 0 atom stereocenters. The molecule has 0 N–H and O–H groups in total. The highest BCUT2D eigenvalue weighted by atomic mass is 35.5. The monoisotopic (exact) mass is 341 g/mol. The maximum atomic E-state index is 12.1. The summed E-state index contributed by atoms with van der Waals surface area (Å²) in [5, 5.41) is 4.60. The van der Waals surface area contributed by atoms with Gasteiger partial charge in [-0.1, -0.05) is 23.7 Å². The SMILES string of the molecule is CN1CCc2c(c(-c3ccc(Cl)cc3)cc3c2CC(=O)N3N=O)C1. The van der Waals surface area contributed by atoms with E-state index in [4.69, 9.17) is 11.6 Å². The highest BCUT2D eigenvalue weighted by Gasteiger charge is 2.34. The van der Waals surface area contributed by atoms with Crippen LogP contribution in [0.5, 0.6) is 0 Å². The molecule has 0 spiro atoms. The zero-order valence-corrected chi connectivity index (χ0v) is 14.0. The molecule has 24 heavy (non-hydrogen) atoms. The van der Waals surface area contributed by atoms with E-state index in [-0.39, 0.29) is 12.3 Å². The van der Waals surface area contributed by atoms with Crippen molar-refractivity contribution in [2.45, 2.75) is 19.4 Å². The quantitative estimate of drug-likeness (QED) is 0.785. The second kappa shape index (κ2) is 5.69. The van der Waals surface area contributed by atoms with Crippen LogP contribution in [0.25, 0.3) is 11.1 Å². The summed E-state index contributed by atoms with van der Waals surface area (Å²) >= 11 is 6.01. The Bertz CT molecular complexity index is 848. The first kappa shape index (κ1) is 15.3. The van der Waals surface area contributed by atoms with Crippen molar-refractivity contribution in [1.29, 1.82) is 0 Å². The van der Waals surface area contributed by atoms with Gasteiger partial charge in [-0.25, -0.2) is 0 Å². The number of amides is 1. The van der Waals surface area contributed by atoms with Crippen molar-refractivity contribution < 1.29 is 4.79 Å². The van der Waals surface area contributed by atoms with E-state index in [0.29, 0.717) is 10.7 Å². The number of hydrogen-bond donors (Lipinski definition) is 0. The molecule has 0 radical (unpaired) electrons. The van der Waals surface area contributed by atoms with Gasteiger partial charge in [0.15, 0.2) is 0 Å². The Kier molecular flexibility index (Phi) is 3.62. The molecule has 2 aromatic carbocycles. The van der Waals surface area contributed by atoms with Crippen LogP contribution in [-0.4, -0.2) is 24.4 Å². The average molecular weight is 342 g/mol. The lowest BCUT2D eigenvalue weighted by Gasteiger charge is -2.29. The Balaban J connectivity index is 1.96. The van der Waals surface area contributed by atoms with Crippen LogP contribution in [0, 0.1) is 4.91 Å². The van der Waals surface area contributed by atoms with Crippen molar-refractivity contribution in [3.63, 3.8) is 0 Å². The normalized spacial score (nSPS) is 16.9. The van der Waals surface area contributed by atoms with Crippen LogP contribution >= 0.6 is 11.6 Å². The van der Waals surface area contributed by atoms with Crippen LogP contribution in [0.3, 0.4) is 0 Å². The summed E-state index contributed by atoms with van der Waals surface area (Å²) in [6, 6.07) is 9.56. The Hall–Kier alpha value is -2.24. The third kappa shape index (κ3) is 2.32. The van der Waals surface area contributed by atoms with Gasteiger partial charge in [-0.3, -0.25) is 4.79 Å². The van der Waals surface area contributed by atoms with Crippen molar-refractivity contribution >= 4 is 23.2 Å². The highest BCUT2D eigenvalue weighted by molar-refractivity contribution is 6.30. The number of anilines is 1. The Morgan fingerprint density at radius 3 is 2.58 bits per heavy atom. The number of halogens is 1. The van der Waals surface area contributed by atoms with Gasteiger partial charge < -0.3 is 4.90 Å². The maximum Gasteiger partial charge on any atom is 0.254 e. The predicted molar refractivity (Wildman–Crippen MR) is 93.9 cm³/mol. The smallest absolute Gasteiger partial charge is 0.254 e. The largest absolute Gasteiger partial charge is 0.302 e. The minimum Gasteiger partial charge on any atom is -0.302 e. The predicted octanol–water partition coefficient (Wildman–Crippen LogP) is 3.57. The van der Waals surface area contributed by atoms with Gasteiger partial charge in [0.05, 0.1) is 17.4 Å². The summed E-state index contributed by atoms with van der Waals surface area (Å²) in [6.45, 7) is 1.76. The van der Waals surface area contributed by atoms with Crippen LogP contribution in [0.1, 0.15) is 16.7 Å². The Labute approximate surface area is 144 Å². The lowest BCUT2D eigenvalue weighted by Crippen LogP contribution is -2.28. The summed E-state index contributed by atoms with van der Waals surface area (Å²) in [5.74, 6) is -0.255. The number of likely N-dealkylation sites (N-methyl/N-ethyl adjacent to an activating group) is 1. The number of benzene rings is 2. The zero-order valence-electron chi connectivity index (χ0n) is 13.3. The molecule has 0 unspecified atom stereocenters. The van der Waals surface area contributed by atoms with Gasteiger partial charge >= 0.3 is 0 Å². The van der Waals surface area contributed by atoms with Crippen LogP contribution in [0.15, 0.2) is 35.6 Å². The molecule has 0 saturated heterocycles. The number of carbonyl (C=O) groups is 1. The van der Waals surface area contributed by atoms with Crippen LogP contribution in [0.2, 0.25) is 5.02 Å². The molecule has 0 saturated carbocycles. The fourth-order valence-corrected chi connectivity index (χ4v) is 3.79. The van der Waals surface area contributed by atoms with E-state index in [1.54, 1.807) is 0 Å². The third-order valence-corrected chi connectivity index (χ3v) is 5.10. The zero-order chi connectivity index (χ0) is 16.8. The molecule has 122 valence electrons. The second-order valence-corrected chi connectivity index (χ2v) is 6.77. The Morgan fingerprint density at radius 1 is 1.12 bits per heavy atom. The van der Waals surface area contributed by atoms with Gasteiger partial charge in [0.1, 0.15) is 0 Å². The van der Waals surface area contributed by atoms with E-state index in [0.717, 1.165) is 41.2 Å². The van der Waals surface area contributed by atoms with E-state index < -0.39 is 0 Å². The lowest BCUT2D eigenvalue weighted by atomic mass is 9.86. The molecule has 2 aromatic rings. The first-order chi connectivity index (χ1) is 11.6. The van der Waals surface area contributed by atoms with Crippen molar-refractivity contribution in [2.75, 3.05) is 18.6 Å². The van der Waals surface area contributed by atoms with Gasteiger partial charge in [0, 0.05) is 18.1 Å². The van der Waals surface area contributed by atoms with Gasteiger partial charge in [-0.15, -0.1) is 4.91 Å². The van der Waals surface area contributed by atoms with Crippen LogP contribution < -0.4 is 5.01 Å². The number of nitrogens with zero attached hydrogens (tertiary/aromatic N) is 3. The lowest BCUT2D eigenvalue weighted by molar-refractivity contribution is -0.117. The number of nitroso groups, excluding NO2 is 1. The molecule has 2 aliphatic rings. The molecule has 0 aromatic heterocycles. The van der Waals surface area contributed by atoms with Gasteiger partial charge in [-0.2, -0.15) is 5.01 Å². The van der Waals surface area contributed by atoms with Gasteiger partial charge in [0.2, 0.25) is 0 Å². The molecule has 2 heterocycles. The fourth-order valence-electron chi connectivity index (χ4n) is 3.67. The Morgan fingerprint density at radius 2 is 1.88 bits per heavy atom. The molecule has 2 aliphatic heterocycles. The first-order valence-corrected chi connectivity index (χ1v) is 8.24. The molecule has 1 amide bonds. The molecule has 0 fully saturated rings. The van der Waals surface area contributed by atoms with E-state index >= 15 is 0 Å². The minimum absolute atomic E-state index is 0.255. The maximum absolute atomic E-state index is 12.1. The van der Waals surface area contributed by atoms with Crippen LogP contribution in [0.4, 0.5) is 5.69 Å². The summed E-state index contributed by atoms with van der Waals surface area (Å²) in [5.41, 5.74) is 6.07. The fraction of sp³-hybridized carbons (Fsp3) is 0.278. The molecule has 0 aliphatic carbocycles. The second-order valence-electron chi connectivity index (χ2n) is 6.34. The number of fused-ring (bicyclic) bond motifs is 3. The third-order valence-electron chi connectivity index (χ3n) is 4.84. The van der Waals surface area contributed by atoms with Crippen LogP contribution in [-0.2, 0) is 24.2 Å². The highest BCUT2D eigenvalue weighted by Crippen LogP contribution is 2.41. The minimum atomic E-state index is -0.255. The molecular weight excluding hydrogens is 326 g/mol. The van der Waals surface area contributed by atoms with Gasteiger partial charge in [0.25, 0.3) is 5.91 Å². The molecule has 0 bridgehead atoms. The topological polar surface area (TPSA) is 53.0 Å². The summed E-state index contributed by atoms with van der Waals surface area (Å²) in [6.07, 6.45) is 1.13. The van der Waals surface area contributed by atoms with Crippen molar-refractivity contribution in [3.05, 3.63) is 57.0 Å². The van der Waals surface area contributed by atoms with Crippen molar-refractivity contribution in [2.24, 2.45) is 5.29 Å². The van der Waals surface area contributed by atoms with E-state index in [9.17, 15) is 9.70 Å². The van der Waals surface area contributed by atoms with Gasteiger partial charge in [-0.05, 0) is 59.5 Å². The standard InChI is InChI=1S/C18H16ClN3O2/c1-21-7-6-13-15-9-18(23)22(20-24)17(15)8-14(16(13)10-21)11-2-4-12(19)5-3-11/h2-5,8H,6-7,9-10H2,1H3. The molecule has 5 nitrogen and oxygen atoms in total. The van der Waals surface area contributed by atoms with E-state index in [1.165, 1.54) is 11.1 Å². The van der Waals surface area contributed by atoms with E-state index in [1.807, 2.05) is 30.3 Å². The summed E-state index contributed by atoms with van der Waals surface area (Å²) < 4.78 is 0. The molecule has 6 heteroatoms.